The van der Waals surface area contributed by atoms with Crippen LogP contribution < -0.4 is 5.73 Å². The van der Waals surface area contributed by atoms with Crippen LogP contribution in [0.4, 0.5) is 10.1 Å². The van der Waals surface area contributed by atoms with Gasteiger partial charge < -0.3 is 14.9 Å². The molecule has 0 atom stereocenters. The van der Waals surface area contributed by atoms with Gasteiger partial charge in [-0.3, -0.25) is 0 Å². The van der Waals surface area contributed by atoms with Gasteiger partial charge in [0.25, 0.3) is 0 Å². The molecule has 2 aromatic carbocycles. The van der Waals surface area contributed by atoms with Crippen LogP contribution in [0.15, 0.2) is 54.9 Å². The van der Waals surface area contributed by atoms with Crippen LogP contribution in [-0.4, -0.2) is 19.1 Å². The van der Waals surface area contributed by atoms with Crippen molar-refractivity contribution in [2.24, 2.45) is 0 Å². The molecule has 2 heterocycles. The minimum atomic E-state index is -0.272. The van der Waals surface area contributed by atoms with E-state index in [0.29, 0.717) is 12.2 Å². The van der Waals surface area contributed by atoms with E-state index in [1.165, 1.54) is 12.1 Å². The second-order valence-corrected chi connectivity index (χ2v) is 6.32. The number of fused-ring (bicyclic) bond motifs is 1. The molecular weight excluding hydrogens is 329 g/mol. The molecule has 132 valence electrons. The molecule has 2 N–H and O–H groups in total. The topological polar surface area (TPSA) is 61.7 Å². The number of benzene rings is 2. The number of hydrogen-bond acceptors (Lipinski definition) is 3. The zero-order chi connectivity index (χ0) is 18.1. The summed E-state index contributed by atoms with van der Waals surface area (Å²) in [5, 5.41) is 0. The van der Waals surface area contributed by atoms with E-state index in [-0.39, 0.29) is 5.82 Å². The van der Waals surface area contributed by atoms with Crippen LogP contribution >= 0.6 is 0 Å². The first-order valence-corrected chi connectivity index (χ1v) is 8.67. The number of nitrogen functional groups attached to an aromatic ring is 1. The van der Waals surface area contributed by atoms with E-state index < -0.39 is 0 Å². The first-order chi connectivity index (χ1) is 12.7. The van der Waals surface area contributed by atoms with Gasteiger partial charge in [0.15, 0.2) is 0 Å². The molecule has 0 bridgehead atoms. The van der Waals surface area contributed by atoms with Crippen LogP contribution in [0.3, 0.4) is 0 Å². The van der Waals surface area contributed by atoms with Gasteiger partial charge in [0.1, 0.15) is 17.5 Å². The van der Waals surface area contributed by atoms with Crippen molar-refractivity contribution in [3.63, 3.8) is 0 Å². The van der Waals surface area contributed by atoms with E-state index in [4.69, 9.17) is 10.7 Å². The molecule has 2 aromatic heterocycles. The van der Waals surface area contributed by atoms with Crippen molar-refractivity contribution < 1.29 is 4.39 Å². The second kappa shape index (κ2) is 6.63. The summed E-state index contributed by atoms with van der Waals surface area (Å²) in [6.45, 7) is 3.57. The van der Waals surface area contributed by atoms with Gasteiger partial charge in [0.05, 0.1) is 17.6 Å². The Bertz CT molecular complexity index is 1060. The molecule has 0 amide bonds. The molecule has 26 heavy (non-hydrogen) atoms. The lowest BCUT2D eigenvalue weighted by molar-refractivity contribution is 0.623. The third-order valence-electron chi connectivity index (χ3n) is 4.41. The summed E-state index contributed by atoms with van der Waals surface area (Å²) in [4.78, 5) is 9.19. The lowest BCUT2D eigenvalue weighted by atomic mass is 10.2. The maximum atomic E-state index is 13.6. The van der Waals surface area contributed by atoms with Crippen LogP contribution in [-0.2, 0) is 13.1 Å². The van der Waals surface area contributed by atoms with Gasteiger partial charge in [-0.2, -0.15) is 0 Å². The standard InChI is InChI=1S/C20H20FN5/c1-2-9-26-18-7-6-16(22)12-17(18)24-19(26)13-25-10-8-23-20(25)14-4-3-5-15(21)11-14/h3-8,10-12H,2,9,13,22H2,1H3. The average molecular weight is 349 g/mol. The van der Waals surface area contributed by atoms with Crippen LogP contribution in [0, 0.1) is 5.82 Å². The zero-order valence-electron chi connectivity index (χ0n) is 14.6. The zero-order valence-corrected chi connectivity index (χ0v) is 14.6. The minimum absolute atomic E-state index is 0.272. The third-order valence-corrected chi connectivity index (χ3v) is 4.41. The molecule has 6 heteroatoms. The Hall–Kier alpha value is -3.15. The fraction of sp³-hybridized carbons (Fsp3) is 0.200. The smallest absolute Gasteiger partial charge is 0.140 e. The molecule has 0 radical (unpaired) electrons. The summed E-state index contributed by atoms with van der Waals surface area (Å²) >= 11 is 0. The van der Waals surface area contributed by atoms with E-state index in [9.17, 15) is 4.39 Å². The maximum absolute atomic E-state index is 13.6. The number of aromatic nitrogens is 4. The number of rotatable bonds is 5. The van der Waals surface area contributed by atoms with Crippen molar-refractivity contribution in [3.05, 3.63) is 66.5 Å². The lowest BCUT2D eigenvalue weighted by Gasteiger charge is -2.11. The minimum Gasteiger partial charge on any atom is -0.399 e. The highest BCUT2D eigenvalue weighted by Gasteiger charge is 2.14. The van der Waals surface area contributed by atoms with Crippen molar-refractivity contribution in [2.75, 3.05) is 5.73 Å². The lowest BCUT2D eigenvalue weighted by Crippen LogP contribution is -2.09. The highest BCUT2D eigenvalue weighted by molar-refractivity contribution is 5.79. The summed E-state index contributed by atoms with van der Waals surface area (Å²) in [5.41, 5.74) is 9.32. The molecule has 0 unspecified atom stereocenters. The summed E-state index contributed by atoms with van der Waals surface area (Å²) < 4.78 is 17.8. The maximum Gasteiger partial charge on any atom is 0.140 e. The van der Waals surface area contributed by atoms with Crippen molar-refractivity contribution in [2.45, 2.75) is 26.4 Å². The Morgan fingerprint density at radius 1 is 1.15 bits per heavy atom. The number of hydrogen-bond donors (Lipinski definition) is 1. The Morgan fingerprint density at radius 2 is 2.04 bits per heavy atom. The van der Waals surface area contributed by atoms with E-state index in [1.54, 1.807) is 12.3 Å². The number of nitrogens with zero attached hydrogens (tertiary/aromatic N) is 4. The van der Waals surface area contributed by atoms with Gasteiger partial charge in [-0.05, 0) is 36.8 Å². The first kappa shape index (κ1) is 16.3. The van der Waals surface area contributed by atoms with E-state index in [2.05, 4.69) is 16.5 Å². The molecule has 0 spiro atoms. The van der Waals surface area contributed by atoms with E-state index in [0.717, 1.165) is 41.2 Å². The van der Waals surface area contributed by atoms with Crippen molar-refractivity contribution in [1.82, 2.24) is 19.1 Å². The summed E-state index contributed by atoms with van der Waals surface area (Å²) in [5.74, 6) is 1.38. The molecule has 0 aliphatic heterocycles. The molecule has 0 aliphatic carbocycles. The summed E-state index contributed by atoms with van der Waals surface area (Å²) in [6.07, 6.45) is 4.62. The highest BCUT2D eigenvalue weighted by atomic mass is 19.1. The molecule has 0 saturated carbocycles. The van der Waals surface area contributed by atoms with Gasteiger partial charge >= 0.3 is 0 Å². The largest absolute Gasteiger partial charge is 0.399 e. The number of aryl methyl sites for hydroxylation is 1. The summed E-state index contributed by atoms with van der Waals surface area (Å²) in [7, 11) is 0. The van der Waals surface area contributed by atoms with Crippen molar-refractivity contribution in [3.8, 4) is 11.4 Å². The molecule has 4 rings (SSSR count). The Kier molecular flexibility index (Phi) is 4.16. The molecule has 5 nitrogen and oxygen atoms in total. The van der Waals surface area contributed by atoms with E-state index >= 15 is 0 Å². The Morgan fingerprint density at radius 3 is 2.85 bits per heavy atom. The van der Waals surface area contributed by atoms with Gasteiger partial charge in [-0.25, -0.2) is 14.4 Å². The van der Waals surface area contributed by atoms with Gasteiger partial charge in [0.2, 0.25) is 0 Å². The monoisotopic (exact) mass is 349 g/mol. The Labute approximate surface area is 150 Å². The molecule has 0 fully saturated rings. The van der Waals surface area contributed by atoms with Crippen LogP contribution in [0.1, 0.15) is 19.2 Å². The van der Waals surface area contributed by atoms with Gasteiger partial charge in [-0.15, -0.1) is 0 Å². The SMILES string of the molecule is CCCn1c(Cn2ccnc2-c2cccc(F)c2)nc2cc(N)ccc21. The molecule has 0 aliphatic rings. The van der Waals surface area contributed by atoms with Crippen LogP contribution in [0.2, 0.25) is 0 Å². The Balaban J connectivity index is 1.77. The average Bonchev–Trinajstić information content (AvgIpc) is 3.20. The fourth-order valence-electron chi connectivity index (χ4n) is 3.27. The summed E-state index contributed by atoms with van der Waals surface area (Å²) in [6, 6.07) is 12.3. The highest BCUT2D eigenvalue weighted by Crippen LogP contribution is 2.23. The quantitative estimate of drug-likeness (QED) is 0.552. The molecule has 4 aromatic rings. The van der Waals surface area contributed by atoms with Crippen LogP contribution in [0.25, 0.3) is 22.4 Å². The van der Waals surface area contributed by atoms with Gasteiger partial charge in [-0.1, -0.05) is 19.1 Å². The van der Waals surface area contributed by atoms with E-state index in [1.807, 2.05) is 35.0 Å². The number of halogens is 1. The fourth-order valence-corrected chi connectivity index (χ4v) is 3.27. The van der Waals surface area contributed by atoms with Crippen LogP contribution in [0.5, 0.6) is 0 Å². The third kappa shape index (κ3) is 2.94. The van der Waals surface area contributed by atoms with Crippen molar-refractivity contribution in [1.29, 1.82) is 0 Å². The molecular formula is C20H20FN5. The first-order valence-electron chi connectivity index (χ1n) is 8.67. The predicted octanol–water partition coefficient (Wildman–Crippen LogP) is 4.08. The van der Waals surface area contributed by atoms with Gasteiger partial charge in [0, 0.05) is 30.2 Å². The number of anilines is 1. The molecule has 0 saturated heterocycles. The normalized spacial score (nSPS) is 11.3. The predicted molar refractivity (Wildman–Crippen MR) is 101 cm³/mol. The van der Waals surface area contributed by atoms with Crippen molar-refractivity contribution >= 4 is 16.7 Å². The number of nitrogens with two attached hydrogens (primary N) is 1. The number of imidazole rings is 2. The second-order valence-electron chi connectivity index (χ2n) is 6.32.